The van der Waals surface area contributed by atoms with Gasteiger partial charge in [0.05, 0.1) is 0 Å². The van der Waals surface area contributed by atoms with Crippen LogP contribution in [0.1, 0.15) is 31.4 Å². The number of carbonyl (C=O) groups is 1. The first kappa shape index (κ1) is 10.8. The topological polar surface area (TPSA) is 29.1 Å². The van der Waals surface area contributed by atoms with Gasteiger partial charge in [-0.25, -0.2) is 0 Å². The second-order valence-corrected chi connectivity index (χ2v) is 3.52. The van der Waals surface area contributed by atoms with Crippen molar-refractivity contribution in [2.24, 2.45) is 0 Å². The van der Waals surface area contributed by atoms with Gasteiger partial charge in [0.1, 0.15) is 0 Å². The standard InChI is InChI=1S/C12H17NO/c1-4-6-11-7-5-8-12(9(11)2)13-10(3)14/h5,7-8H,4,6H2,1-3H3,(H,13,14). The molecule has 0 aliphatic rings. The molecular weight excluding hydrogens is 174 g/mol. The van der Waals surface area contributed by atoms with Crippen LogP contribution in [0.25, 0.3) is 0 Å². The summed E-state index contributed by atoms with van der Waals surface area (Å²) in [6.45, 7) is 5.74. The van der Waals surface area contributed by atoms with Crippen molar-refractivity contribution in [1.82, 2.24) is 0 Å². The summed E-state index contributed by atoms with van der Waals surface area (Å²) in [7, 11) is 0. The van der Waals surface area contributed by atoms with Crippen molar-refractivity contribution in [1.29, 1.82) is 0 Å². The molecule has 0 atom stereocenters. The maximum Gasteiger partial charge on any atom is 0.221 e. The molecule has 0 aromatic heterocycles. The molecule has 0 fully saturated rings. The van der Waals surface area contributed by atoms with E-state index in [1.165, 1.54) is 18.1 Å². The first-order chi connectivity index (χ1) is 6.65. The Morgan fingerprint density at radius 3 is 2.71 bits per heavy atom. The Balaban J connectivity index is 2.94. The fraction of sp³-hybridized carbons (Fsp3) is 0.417. The molecule has 0 spiro atoms. The Kier molecular flexibility index (Phi) is 3.69. The highest BCUT2D eigenvalue weighted by Gasteiger charge is 2.03. The highest BCUT2D eigenvalue weighted by molar-refractivity contribution is 5.89. The second-order valence-electron chi connectivity index (χ2n) is 3.52. The Labute approximate surface area is 85.3 Å². The van der Waals surface area contributed by atoms with Crippen LogP contribution in [0.5, 0.6) is 0 Å². The Hall–Kier alpha value is -1.31. The molecule has 1 amide bonds. The van der Waals surface area contributed by atoms with Crippen LogP contribution in [-0.4, -0.2) is 5.91 Å². The molecule has 2 heteroatoms. The predicted molar refractivity (Wildman–Crippen MR) is 59.5 cm³/mol. The van der Waals surface area contributed by atoms with E-state index in [1.807, 2.05) is 12.1 Å². The van der Waals surface area contributed by atoms with E-state index >= 15 is 0 Å². The molecule has 0 unspecified atom stereocenters. The third kappa shape index (κ3) is 2.59. The SMILES string of the molecule is CCCc1cccc(NC(C)=O)c1C. The van der Waals surface area contributed by atoms with Crippen molar-refractivity contribution < 1.29 is 4.79 Å². The van der Waals surface area contributed by atoms with Gasteiger partial charge in [-0.2, -0.15) is 0 Å². The average molecular weight is 191 g/mol. The highest BCUT2D eigenvalue weighted by atomic mass is 16.1. The Morgan fingerprint density at radius 2 is 2.14 bits per heavy atom. The van der Waals surface area contributed by atoms with E-state index < -0.39 is 0 Å². The fourth-order valence-corrected chi connectivity index (χ4v) is 1.55. The van der Waals surface area contributed by atoms with Gasteiger partial charge in [-0.05, 0) is 30.5 Å². The van der Waals surface area contributed by atoms with Crippen LogP contribution in [0.2, 0.25) is 0 Å². The van der Waals surface area contributed by atoms with Crippen molar-refractivity contribution in [3.05, 3.63) is 29.3 Å². The van der Waals surface area contributed by atoms with Gasteiger partial charge in [-0.3, -0.25) is 4.79 Å². The van der Waals surface area contributed by atoms with E-state index in [4.69, 9.17) is 0 Å². The van der Waals surface area contributed by atoms with Crippen LogP contribution in [0.3, 0.4) is 0 Å². The molecule has 0 bridgehead atoms. The molecule has 1 aromatic carbocycles. The monoisotopic (exact) mass is 191 g/mol. The normalized spacial score (nSPS) is 9.93. The maximum absolute atomic E-state index is 10.9. The van der Waals surface area contributed by atoms with Gasteiger partial charge in [0, 0.05) is 12.6 Å². The highest BCUT2D eigenvalue weighted by Crippen LogP contribution is 2.19. The van der Waals surface area contributed by atoms with Crippen LogP contribution in [0, 0.1) is 6.92 Å². The second kappa shape index (κ2) is 4.80. The zero-order valence-corrected chi connectivity index (χ0v) is 9.05. The van der Waals surface area contributed by atoms with Crippen molar-refractivity contribution in [3.63, 3.8) is 0 Å². The largest absolute Gasteiger partial charge is 0.326 e. The number of hydrogen-bond donors (Lipinski definition) is 1. The number of rotatable bonds is 3. The average Bonchev–Trinajstić information content (AvgIpc) is 2.11. The minimum Gasteiger partial charge on any atom is -0.326 e. The van der Waals surface area contributed by atoms with Crippen LogP contribution >= 0.6 is 0 Å². The zero-order valence-electron chi connectivity index (χ0n) is 9.05. The number of benzene rings is 1. The number of nitrogens with one attached hydrogen (secondary N) is 1. The third-order valence-electron chi connectivity index (χ3n) is 2.28. The van der Waals surface area contributed by atoms with Gasteiger partial charge in [-0.15, -0.1) is 0 Å². The predicted octanol–water partition coefficient (Wildman–Crippen LogP) is 2.91. The lowest BCUT2D eigenvalue weighted by Gasteiger charge is -2.10. The van der Waals surface area contributed by atoms with Crippen molar-refractivity contribution >= 4 is 11.6 Å². The fourth-order valence-electron chi connectivity index (χ4n) is 1.55. The smallest absolute Gasteiger partial charge is 0.221 e. The summed E-state index contributed by atoms with van der Waals surface area (Å²) in [6, 6.07) is 6.04. The van der Waals surface area contributed by atoms with Crippen LogP contribution in [-0.2, 0) is 11.2 Å². The molecule has 76 valence electrons. The van der Waals surface area contributed by atoms with E-state index in [-0.39, 0.29) is 5.91 Å². The third-order valence-corrected chi connectivity index (χ3v) is 2.28. The first-order valence-corrected chi connectivity index (χ1v) is 5.01. The van der Waals surface area contributed by atoms with Gasteiger partial charge in [0.25, 0.3) is 0 Å². The van der Waals surface area contributed by atoms with Gasteiger partial charge in [-0.1, -0.05) is 25.5 Å². The molecule has 1 aromatic rings. The zero-order chi connectivity index (χ0) is 10.6. The molecule has 0 heterocycles. The van der Waals surface area contributed by atoms with Gasteiger partial charge < -0.3 is 5.32 Å². The maximum atomic E-state index is 10.9. The van der Waals surface area contributed by atoms with Gasteiger partial charge in [0.2, 0.25) is 5.91 Å². The van der Waals surface area contributed by atoms with Crippen LogP contribution in [0.4, 0.5) is 5.69 Å². The molecule has 0 aliphatic carbocycles. The lowest BCUT2D eigenvalue weighted by molar-refractivity contribution is -0.114. The van der Waals surface area contributed by atoms with Crippen molar-refractivity contribution in [2.45, 2.75) is 33.6 Å². The molecule has 14 heavy (non-hydrogen) atoms. The molecule has 2 nitrogen and oxygen atoms in total. The number of aryl methyl sites for hydroxylation is 1. The molecule has 0 saturated carbocycles. The number of hydrogen-bond acceptors (Lipinski definition) is 1. The minimum absolute atomic E-state index is 0.0123. The summed E-state index contributed by atoms with van der Waals surface area (Å²) in [4.78, 5) is 10.9. The quantitative estimate of drug-likeness (QED) is 0.782. The number of amides is 1. The summed E-state index contributed by atoms with van der Waals surface area (Å²) in [5.41, 5.74) is 3.44. The molecule has 0 aliphatic heterocycles. The summed E-state index contributed by atoms with van der Waals surface area (Å²) >= 11 is 0. The van der Waals surface area contributed by atoms with Crippen LogP contribution < -0.4 is 5.32 Å². The van der Waals surface area contributed by atoms with Gasteiger partial charge >= 0.3 is 0 Å². The molecule has 1 N–H and O–H groups in total. The minimum atomic E-state index is -0.0123. The summed E-state index contributed by atoms with van der Waals surface area (Å²) in [6.07, 6.45) is 2.20. The van der Waals surface area contributed by atoms with Crippen LogP contribution in [0.15, 0.2) is 18.2 Å². The Morgan fingerprint density at radius 1 is 1.43 bits per heavy atom. The summed E-state index contributed by atoms with van der Waals surface area (Å²) in [5, 5.41) is 2.83. The van der Waals surface area contributed by atoms with E-state index in [0.717, 1.165) is 18.5 Å². The molecule has 0 saturated heterocycles. The van der Waals surface area contributed by atoms with E-state index in [0.29, 0.717) is 0 Å². The number of anilines is 1. The van der Waals surface area contributed by atoms with E-state index in [9.17, 15) is 4.79 Å². The first-order valence-electron chi connectivity index (χ1n) is 5.01. The Bertz CT molecular complexity index is 331. The van der Waals surface area contributed by atoms with Crippen molar-refractivity contribution in [2.75, 3.05) is 5.32 Å². The van der Waals surface area contributed by atoms with Gasteiger partial charge in [0.15, 0.2) is 0 Å². The lowest BCUT2D eigenvalue weighted by atomic mass is 10.0. The summed E-state index contributed by atoms with van der Waals surface area (Å²) < 4.78 is 0. The summed E-state index contributed by atoms with van der Waals surface area (Å²) in [5.74, 6) is -0.0123. The molecule has 1 rings (SSSR count). The lowest BCUT2D eigenvalue weighted by Crippen LogP contribution is -2.08. The molecule has 0 radical (unpaired) electrons. The van der Waals surface area contributed by atoms with Crippen molar-refractivity contribution in [3.8, 4) is 0 Å². The molecular formula is C12H17NO. The van der Waals surface area contributed by atoms with E-state index in [1.54, 1.807) is 0 Å². The number of carbonyl (C=O) groups excluding carboxylic acids is 1. The van der Waals surface area contributed by atoms with E-state index in [2.05, 4.69) is 25.2 Å².